The SMILES string of the molecule is O=C(NOC[C@H]1C[C@H](N2CCC2)CN1)[C@@H]1CC[C@@H]2CN1C(=O)N2OS(=O)(=O)O. The molecular weight excluding hydrogens is 394 g/mol. The van der Waals surface area contributed by atoms with Gasteiger partial charge in [-0.3, -0.25) is 19.1 Å². The van der Waals surface area contributed by atoms with E-state index in [2.05, 4.69) is 20.0 Å². The van der Waals surface area contributed by atoms with Crippen molar-refractivity contribution in [3.8, 4) is 0 Å². The predicted octanol–water partition coefficient (Wildman–Crippen LogP) is -1.53. The lowest BCUT2D eigenvalue weighted by molar-refractivity contribution is -0.139. The zero-order chi connectivity index (χ0) is 19.9. The summed E-state index contributed by atoms with van der Waals surface area (Å²) in [5.74, 6) is -0.460. The van der Waals surface area contributed by atoms with Crippen molar-refractivity contribution in [2.75, 3.05) is 32.8 Å². The zero-order valence-electron chi connectivity index (χ0n) is 15.3. The van der Waals surface area contributed by atoms with Crippen LogP contribution in [0.3, 0.4) is 0 Å². The topological polar surface area (TPSA) is 141 Å². The lowest BCUT2D eigenvalue weighted by atomic mass is 10.0. The fourth-order valence-corrected chi connectivity index (χ4v) is 4.68. The first-order valence-corrected chi connectivity index (χ1v) is 10.8. The van der Waals surface area contributed by atoms with E-state index in [1.807, 2.05) is 0 Å². The molecule has 4 atom stereocenters. The molecule has 0 aromatic rings. The number of nitrogens with zero attached hydrogens (tertiary/aromatic N) is 3. The van der Waals surface area contributed by atoms with Gasteiger partial charge in [0.05, 0.1) is 12.6 Å². The van der Waals surface area contributed by atoms with E-state index >= 15 is 0 Å². The summed E-state index contributed by atoms with van der Waals surface area (Å²) in [6, 6.07) is -1.39. The van der Waals surface area contributed by atoms with Gasteiger partial charge >= 0.3 is 16.4 Å². The van der Waals surface area contributed by atoms with Gasteiger partial charge < -0.3 is 10.2 Å². The number of fused-ring (bicyclic) bond motifs is 2. The highest BCUT2D eigenvalue weighted by molar-refractivity contribution is 7.80. The van der Waals surface area contributed by atoms with Crippen LogP contribution in [0.25, 0.3) is 0 Å². The number of urea groups is 1. The molecule has 4 aliphatic rings. The van der Waals surface area contributed by atoms with E-state index in [9.17, 15) is 18.0 Å². The molecule has 0 radical (unpaired) electrons. The fourth-order valence-electron chi connectivity index (χ4n) is 4.29. The molecule has 4 heterocycles. The minimum absolute atomic E-state index is 0.147. The number of piperidine rings is 1. The normalized spacial score (nSPS) is 33.2. The Morgan fingerprint density at radius 1 is 1.29 bits per heavy atom. The molecule has 28 heavy (non-hydrogen) atoms. The van der Waals surface area contributed by atoms with Crippen molar-refractivity contribution in [3.05, 3.63) is 0 Å². The van der Waals surface area contributed by atoms with Gasteiger partial charge in [0.2, 0.25) is 0 Å². The van der Waals surface area contributed by atoms with Gasteiger partial charge in [-0.25, -0.2) is 10.3 Å². The summed E-state index contributed by atoms with van der Waals surface area (Å²) in [5.41, 5.74) is 2.40. The lowest BCUT2D eigenvalue weighted by Gasteiger charge is -2.36. The third-order valence-corrected chi connectivity index (χ3v) is 6.21. The predicted molar refractivity (Wildman–Crippen MR) is 93.9 cm³/mol. The number of likely N-dealkylation sites (tertiary alicyclic amines) is 1. The second-order valence-corrected chi connectivity index (χ2v) is 8.68. The Morgan fingerprint density at radius 3 is 2.75 bits per heavy atom. The molecule has 2 bridgehead atoms. The average Bonchev–Trinajstić information content (AvgIpc) is 3.12. The summed E-state index contributed by atoms with van der Waals surface area (Å²) < 4.78 is 35.0. The van der Waals surface area contributed by atoms with Gasteiger partial charge in [0.25, 0.3) is 5.91 Å². The van der Waals surface area contributed by atoms with Crippen LogP contribution in [-0.4, -0.2) is 96.7 Å². The van der Waals surface area contributed by atoms with Crippen LogP contribution < -0.4 is 10.8 Å². The van der Waals surface area contributed by atoms with Crippen molar-refractivity contribution >= 4 is 22.3 Å². The van der Waals surface area contributed by atoms with Crippen LogP contribution in [-0.2, 0) is 24.3 Å². The maximum atomic E-state index is 12.4. The maximum absolute atomic E-state index is 12.4. The van der Waals surface area contributed by atoms with Crippen LogP contribution in [0.15, 0.2) is 0 Å². The first kappa shape index (κ1) is 19.8. The van der Waals surface area contributed by atoms with Crippen LogP contribution in [0.1, 0.15) is 25.7 Å². The molecule has 0 aliphatic carbocycles. The summed E-state index contributed by atoms with van der Waals surface area (Å²) in [6.45, 7) is 3.67. The van der Waals surface area contributed by atoms with E-state index in [0.29, 0.717) is 30.6 Å². The molecule has 0 saturated carbocycles. The van der Waals surface area contributed by atoms with Crippen molar-refractivity contribution < 1.29 is 31.7 Å². The van der Waals surface area contributed by atoms with Gasteiger partial charge in [0, 0.05) is 25.2 Å². The standard InChI is InChI=1S/C15H25N5O7S/c21-14(17-26-9-10-6-12(7-16-10)18-4-1-5-18)13-3-2-11-8-19(13)15(22)20(11)27-28(23,24)25/h10-13,16H,1-9H2,(H,17,21)(H,23,24,25)/t10-,11-,12+,13+/m1/s1. The number of carbonyl (C=O) groups is 2. The van der Waals surface area contributed by atoms with Crippen molar-refractivity contribution in [1.29, 1.82) is 0 Å². The van der Waals surface area contributed by atoms with E-state index in [-0.39, 0.29) is 12.6 Å². The second-order valence-electron chi connectivity index (χ2n) is 7.67. The highest BCUT2D eigenvalue weighted by atomic mass is 32.3. The largest absolute Gasteiger partial charge is 0.418 e. The van der Waals surface area contributed by atoms with Gasteiger partial charge in [-0.2, -0.15) is 13.5 Å². The Hall–Kier alpha value is -1.51. The van der Waals surface area contributed by atoms with Crippen LogP contribution >= 0.6 is 0 Å². The summed E-state index contributed by atoms with van der Waals surface area (Å²) in [6.07, 6.45) is 2.93. The van der Waals surface area contributed by atoms with E-state index in [4.69, 9.17) is 9.39 Å². The van der Waals surface area contributed by atoms with Crippen LogP contribution in [0.5, 0.6) is 0 Å². The summed E-state index contributed by atoms with van der Waals surface area (Å²) in [5, 5.41) is 4.00. The lowest BCUT2D eigenvalue weighted by Crippen LogP contribution is -2.50. The number of nitrogens with one attached hydrogen (secondary N) is 2. The third kappa shape index (κ3) is 4.09. The molecule has 0 aromatic carbocycles. The molecule has 12 nitrogen and oxygen atoms in total. The van der Waals surface area contributed by atoms with Crippen LogP contribution in [0, 0.1) is 0 Å². The molecular formula is C15H25N5O7S. The number of rotatable bonds is 7. The summed E-state index contributed by atoms with van der Waals surface area (Å²) in [4.78, 5) is 33.8. The quantitative estimate of drug-likeness (QED) is 0.331. The van der Waals surface area contributed by atoms with Crippen LogP contribution in [0.2, 0.25) is 0 Å². The Balaban J connectivity index is 1.24. The van der Waals surface area contributed by atoms with Crippen molar-refractivity contribution in [2.45, 2.75) is 49.9 Å². The minimum atomic E-state index is -4.81. The smallest absolute Gasteiger partial charge is 0.310 e. The summed E-state index contributed by atoms with van der Waals surface area (Å²) in [7, 11) is -4.81. The fraction of sp³-hybridized carbons (Fsp3) is 0.867. The number of hydrogen-bond donors (Lipinski definition) is 3. The molecule has 0 spiro atoms. The van der Waals surface area contributed by atoms with Crippen molar-refractivity contribution in [1.82, 2.24) is 25.7 Å². The molecule has 0 unspecified atom stereocenters. The van der Waals surface area contributed by atoms with Gasteiger partial charge in [-0.1, -0.05) is 0 Å². The first-order chi connectivity index (χ1) is 13.3. The van der Waals surface area contributed by atoms with E-state index in [0.717, 1.165) is 26.1 Å². The molecule has 4 rings (SSSR count). The molecule has 13 heteroatoms. The Labute approximate surface area is 163 Å². The molecule has 0 aromatic heterocycles. The third-order valence-electron chi connectivity index (χ3n) is 5.86. The Kier molecular flexibility index (Phi) is 5.46. The van der Waals surface area contributed by atoms with Crippen molar-refractivity contribution in [2.24, 2.45) is 0 Å². The highest BCUT2D eigenvalue weighted by Crippen LogP contribution is 2.30. The summed E-state index contributed by atoms with van der Waals surface area (Å²) >= 11 is 0. The molecule has 3 N–H and O–H groups in total. The molecule has 158 valence electrons. The number of hydrogen-bond acceptors (Lipinski definition) is 8. The molecule has 4 saturated heterocycles. The van der Waals surface area contributed by atoms with E-state index in [1.54, 1.807) is 0 Å². The van der Waals surface area contributed by atoms with Gasteiger partial charge in [-0.15, -0.1) is 4.28 Å². The van der Waals surface area contributed by atoms with Crippen molar-refractivity contribution in [3.63, 3.8) is 0 Å². The number of hydroxylamine groups is 3. The Morgan fingerprint density at radius 2 is 2.07 bits per heavy atom. The van der Waals surface area contributed by atoms with Crippen LogP contribution in [0.4, 0.5) is 4.79 Å². The van der Waals surface area contributed by atoms with Gasteiger partial charge in [0.15, 0.2) is 0 Å². The number of carbonyl (C=O) groups excluding carboxylic acids is 2. The molecule has 4 aliphatic heterocycles. The Bertz CT molecular complexity index is 730. The number of amides is 3. The monoisotopic (exact) mass is 419 g/mol. The maximum Gasteiger partial charge on any atom is 0.418 e. The zero-order valence-corrected chi connectivity index (χ0v) is 16.1. The molecule has 4 fully saturated rings. The molecule has 3 amide bonds. The highest BCUT2D eigenvalue weighted by Gasteiger charge is 2.49. The van der Waals surface area contributed by atoms with E-state index in [1.165, 1.54) is 11.3 Å². The minimum Gasteiger partial charge on any atom is -0.310 e. The average molecular weight is 419 g/mol. The van der Waals surface area contributed by atoms with Gasteiger partial charge in [0.1, 0.15) is 6.04 Å². The van der Waals surface area contributed by atoms with E-state index < -0.39 is 34.4 Å². The first-order valence-electron chi connectivity index (χ1n) is 9.48. The second kappa shape index (κ2) is 7.72. The van der Waals surface area contributed by atoms with Gasteiger partial charge in [-0.05, 0) is 38.8 Å².